The Balaban J connectivity index is 1.30. The van der Waals surface area contributed by atoms with Crippen LogP contribution >= 0.6 is 11.3 Å². The van der Waals surface area contributed by atoms with Crippen molar-refractivity contribution in [1.82, 2.24) is 9.88 Å². The molecule has 1 aliphatic carbocycles. The van der Waals surface area contributed by atoms with Crippen LogP contribution in [0.4, 0.5) is 5.13 Å². The third-order valence-corrected chi connectivity index (χ3v) is 5.88. The molecule has 2 heterocycles. The van der Waals surface area contributed by atoms with Gasteiger partial charge in [0.05, 0.1) is 22.1 Å². The largest absolute Gasteiger partial charge is 0.302 e. The highest BCUT2D eigenvalue weighted by Crippen LogP contribution is 2.35. The van der Waals surface area contributed by atoms with E-state index in [0.717, 1.165) is 10.2 Å². The van der Waals surface area contributed by atoms with Gasteiger partial charge in [0.1, 0.15) is 0 Å². The van der Waals surface area contributed by atoms with Gasteiger partial charge in [-0.05, 0) is 31.4 Å². The summed E-state index contributed by atoms with van der Waals surface area (Å²) < 4.78 is 1.02. The Morgan fingerprint density at radius 3 is 2.54 bits per heavy atom. The molecule has 0 saturated carbocycles. The third kappa shape index (κ3) is 3.14. The Labute approximate surface area is 154 Å². The van der Waals surface area contributed by atoms with Crippen molar-refractivity contribution in [3.8, 4) is 0 Å². The molecule has 3 amide bonds. The number of nitrogens with one attached hydrogen (secondary N) is 1. The predicted molar refractivity (Wildman–Crippen MR) is 99.6 cm³/mol. The number of likely N-dealkylation sites (tertiary alicyclic amines) is 1. The van der Waals surface area contributed by atoms with Crippen LogP contribution in [0, 0.1) is 11.8 Å². The van der Waals surface area contributed by atoms with Crippen LogP contribution in [0.5, 0.6) is 0 Å². The number of rotatable bonds is 5. The number of thiazole rings is 1. The van der Waals surface area contributed by atoms with Crippen molar-refractivity contribution >= 4 is 44.4 Å². The van der Waals surface area contributed by atoms with Crippen LogP contribution in [0.25, 0.3) is 10.2 Å². The highest BCUT2D eigenvalue weighted by Gasteiger charge is 2.46. The summed E-state index contributed by atoms with van der Waals surface area (Å²) >= 11 is 1.43. The molecule has 134 valence electrons. The number of para-hydroxylation sites is 1. The number of imide groups is 1. The van der Waals surface area contributed by atoms with Crippen molar-refractivity contribution in [1.29, 1.82) is 0 Å². The molecular weight excluding hydrogens is 350 g/mol. The zero-order valence-electron chi connectivity index (χ0n) is 14.2. The van der Waals surface area contributed by atoms with Crippen LogP contribution in [0.2, 0.25) is 0 Å². The fraction of sp³-hybridized carbons (Fsp3) is 0.368. The number of hydrogen-bond donors (Lipinski definition) is 1. The number of carbonyl (C=O) groups excluding carboxylic acids is 3. The summed E-state index contributed by atoms with van der Waals surface area (Å²) in [6, 6.07) is 7.70. The molecule has 2 atom stereocenters. The molecule has 1 fully saturated rings. The third-order valence-electron chi connectivity index (χ3n) is 4.92. The van der Waals surface area contributed by atoms with Gasteiger partial charge in [0, 0.05) is 13.0 Å². The average Bonchev–Trinajstić information content (AvgIpc) is 3.15. The summed E-state index contributed by atoms with van der Waals surface area (Å²) in [5.41, 5.74) is 0.859. The molecule has 1 N–H and O–H groups in total. The lowest BCUT2D eigenvalue weighted by Crippen LogP contribution is -2.32. The minimum Gasteiger partial charge on any atom is -0.302 e. The zero-order valence-corrected chi connectivity index (χ0v) is 15.0. The lowest BCUT2D eigenvalue weighted by Gasteiger charge is -2.14. The number of amides is 3. The smallest absolute Gasteiger partial charge is 0.233 e. The SMILES string of the molecule is O=C(CCCN1C(=O)[C@H]2CC=CC[C@@H]2C1=O)Nc1nc2ccccc2s1. The second-order valence-electron chi connectivity index (χ2n) is 6.62. The Bertz CT molecular complexity index is 845. The van der Waals surface area contributed by atoms with E-state index in [9.17, 15) is 14.4 Å². The standard InChI is InChI=1S/C19H19N3O3S/c23-16(21-19-20-14-8-3-4-9-15(14)26-19)10-5-11-22-17(24)12-6-1-2-7-13(12)18(22)25/h1-4,8-9,12-13H,5-7,10-11H2,(H,20,21,23)/t12-,13-/m0/s1. The second kappa shape index (κ2) is 6.99. The van der Waals surface area contributed by atoms with Crippen LogP contribution in [0.3, 0.4) is 0 Å². The van der Waals surface area contributed by atoms with Crippen LogP contribution in [-0.2, 0) is 14.4 Å². The van der Waals surface area contributed by atoms with Gasteiger partial charge in [-0.3, -0.25) is 19.3 Å². The molecular formula is C19H19N3O3S. The van der Waals surface area contributed by atoms with Crippen molar-refractivity contribution in [3.63, 3.8) is 0 Å². The predicted octanol–water partition coefficient (Wildman–Crippen LogP) is 2.97. The monoisotopic (exact) mass is 369 g/mol. The molecule has 1 saturated heterocycles. The van der Waals surface area contributed by atoms with E-state index in [1.54, 1.807) is 0 Å². The number of hydrogen-bond acceptors (Lipinski definition) is 5. The summed E-state index contributed by atoms with van der Waals surface area (Å²) in [6.07, 6.45) is 5.94. The molecule has 0 spiro atoms. The zero-order chi connectivity index (χ0) is 18.1. The summed E-state index contributed by atoms with van der Waals surface area (Å²) in [5, 5.41) is 3.37. The van der Waals surface area contributed by atoms with Gasteiger partial charge in [-0.1, -0.05) is 35.6 Å². The highest BCUT2D eigenvalue weighted by molar-refractivity contribution is 7.22. The first kappa shape index (κ1) is 16.9. The van der Waals surface area contributed by atoms with Gasteiger partial charge in [0.15, 0.2) is 5.13 Å². The van der Waals surface area contributed by atoms with Gasteiger partial charge in [-0.25, -0.2) is 4.98 Å². The molecule has 26 heavy (non-hydrogen) atoms. The summed E-state index contributed by atoms with van der Waals surface area (Å²) in [7, 11) is 0. The van der Waals surface area contributed by atoms with Crippen molar-refractivity contribution in [2.75, 3.05) is 11.9 Å². The van der Waals surface area contributed by atoms with Crippen LogP contribution in [-0.4, -0.2) is 34.2 Å². The van der Waals surface area contributed by atoms with Gasteiger partial charge in [-0.2, -0.15) is 0 Å². The molecule has 0 radical (unpaired) electrons. The van der Waals surface area contributed by atoms with Gasteiger partial charge < -0.3 is 5.32 Å². The Kier molecular flexibility index (Phi) is 4.55. The molecule has 2 aliphatic rings. The maximum atomic E-state index is 12.4. The number of anilines is 1. The maximum absolute atomic E-state index is 12.4. The minimum atomic E-state index is -0.205. The number of nitrogens with zero attached hydrogens (tertiary/aromatic N) is 2. The number of benzene rings is 1. The minimum absolute atomic E-state index is 0.0871. The van der Waals surface area contributed by atoms with E-state index in [4.69, 9.17) is 0 Å². The van der Waals surface area contributed by atoms with E-state index >= 15 is 0 Å². The lowest BCUT2D eigenvalue weighted by atomic mass is 9.85. The number of fused-ring (bicyclic) bond motifs is 2. The fourth-order valence-corrected chi connectivity index (χ4v) is 4.48. The first-order chi connectivity index (χ1) is 12.6. The van der Waals surface area contributed by atoms with Crippen molar-refractivity contribution in [3.05, 3.63) is 36.4 Å². The van der Waals surface area contributed by atoms with Crippen molar-refractivity contribution < 1.29 is 14.4 Å². The van der Waals surface area contributed by atoms with Gasteiger partial charge in [0.25, 0.3) is 0 Å². The molecule has 1 aliphatic heterocycles. The molecule has 2 aromatic rings. The summed E-state index contributed by atoms with van der Waals surface area (Å²) in [4.78, 5) is 42.6. The Morgan fingerprint density at radius 2 is 1.85 bits per heavy atom. The van der Waals surface area contributed by atoms with E-state index < -0.39 is 0 Å². The lowest BCUT2D eigenvalue weighted by molar-refractivity contribution is -0.140. The average molecular weight is 369 g/mol. The maximum Gasteiger partial charge on any atom is 0.233 e. The fourth-order valence-electron chi connectivity index (χ4n) is 3.59. The van der Waals surface area contributed by atoms with E-state index in [1.807, 2.05) is 36.4 Å². The molecule has 4 rings (SSSR count). The van der Waals surface area contributed by atoms with Crippen LogP contribution in [0.15, 0.2) is 36.4 Å². The Morgan fingerprint density at radius 1 is 1.15 bits per heavy atom. The molecule has 1 aromatic heterocycles. The van der Waals surface area contributed by atoms with Crippen molar-refractivity contribution in [2.45, 2.75) is 25.7 Å². The second-order valence-corrected chi connectivity index (χ2v) is 7.65. The summed E-state index contributed by atoms with van der Waals surface area (Å²) in [6.45, 7) is 0.304. The molecule has 6 nitrogen and oxygen atoms in total. The Hall–Kier alpha value is -2.54. The quantitative estimate of drug-likeness (QED) is 0.649. The highest BCUT2D eigenvalue weighted by atomic mass is 32.1. The molecule has 0 bridgehead atoms. The first-order valence-corrected chi connectivity index (χ1v) is 9.61. The summed E-state index contributed by atoms with van der Waals surface area (Å²) in [5.74, 6) is -0.734. The topological polar surface area (TPSA) is 79.4 Å². The molecule has 0 unspecified atom stereocenters. The van der Waals surface area contributed by atoms with E-state index in [1.165, 1.54) is 16.2 Å². The first-order valence-electron chi connectivity index (χ1n) is 8.79. The van der Waals surface area contributed by atoms with E-state index in [2.05, 4.69) is 10.3 Å². The van der Waals surface area contributed by atoms with Crippen LogP contribution < -0.4 is 5.32 Å². The van der Waals surface area contributed by atoms with Gasteiger partial charge in [0.2, 0.25) is 17.7 Å². The van der Waals surface area contributed by atoms with Gasteiger partial charge in [-0.15, -0.1) is 0 Å². The normalized spacial score (nSPS) is 22.1. The molecule has 7 heteroatoms. The number of allylic oxidation sites excluding steroid dienone is 2. The van der Waals surface area contributed by atoms with Crippen molar-refractivity contribution in [2.24, 2.45) is 11.8 Å². The number of aromatic nitrogens is 1. The van der Waals surface area contributed by atoms with Gasteiger partial charge >= 0.3 is 0 Å². The van der Waals surface area contributed by atoms with E-state index in [0.29, 0.717) is 30.9 Å². The van der Waals surface area contributed by atoms with Crippen LogP contribution in [0.1, 0.15) is 25.7 Å². The van der Waals surface area contributed by atoms with E-state index in [-0.39, 0.29) is 36.0 Å². The molecule has 1 aromatic carbocycles. The number of carbonyl (C=O) groups is 3.